The molecule has 2 aromatic carbocycles. The summed E-state index contributed by atoms with van der Waals surface area (Å²) in [5, 5.41) is 0. The maximum Gasteiger partial charge on any atom is 0.230 e. The molecule has 30 heavy (non-hydrogen) atoms. The van der Waals surface area contributed by atoms with Gasteiger partial charge in [0.25, 0.3) is 0 Å². The second-order valence-electron chi connectivity index (χ2n) is 8.71. The first kappa shape index (κ1) is 20.6. The molecule has 2 aliphatic heterocycles. The van der Waals surface area contributed by atoms with Gasteiger partial charge >= 0.3 is 0 Å². The molecule has 0 aromatic heterocycles. The maximum atomic E-state index is 13.6. The van der Waals surface area contributed by atoms with Crippen LogP contribution < -0.4 is 0 Å². The molecule has 0 N–H and O–H groups in total. The highest BCUT2D eigenvalue weighted by molar-refractivity contribution is 5.85. The molecule has 0 radical (unpaired) electrons. The van der Waals surface area contributed by atoms with Crippen molar-refractivity contribution in [1.82, 2.24) is 9.80 Å². The average Bonchev–Trinajstić information content (AvgIpc) is 3.20. The van der Waals surface area contributed by atoms with E-state index < -0.39 is 5.41 Å². The zero-order chi connectivity index (χ0) is 21.1. The van der Waals surface area contributed by atoms with Gasteiger partial charge in [0, 0.05) is 33.1 Å². The van der Waals surface area contributed by atoms with Gasteiger partial charge in [-0.2, -0.15) is 0 Å². The molecule has 0 aliphatic carbocycles. The fourth-order valence-corrected chi connectivity index (χ4v) is 4.86. The van der Waals surface area contributed by atoms with E-state index in [1.807, 2.05) is 21.9 Å². The van der Waals surface area contributed by atoms with Gasteiger partial charge in [-0.1, -0.05) is 36.4 Å². The molecule has 5 heteroatoms. The summed E-state index contributed by atoms with van der Waals surface area (Å²) in [5.74, 6) is -0.0298. The zero-order valence-corrected chi connectivity index (χ0v) is 17.6. The van der Waals surface area contributed by atoms with E-state index in [1.54, 1.807) is 19.1 Å². The van der Waals surface area contributed by atoms with Gasteiger partial charge < -0.3 is 9.80 Å². The Balaban J connectivity index is 1.62. The first-order valence-corrected chi connectivity index (χ1v) is 10.9. The minimum atomic E-state index is -0.565. The predicted molar refractivity (Wildman–Crippen MR) is 115 cm³/mol. The van der Waals surface area contributed by atoms with Gasteiger partial charge in [-0.05, 0) is 60.9 Å². The van der Waals surface area contributed by atoms with Crippen molar-refractivity contribution in [2.45, 2.75) is 39.0 Å². The average molecular weight is 409 g/mol. The largest absolute Gasteiger partial charge is 0.342 e. The van der Waals surface area contributed by atoms with Crippen LogP contribution in [0.4, 0.5) is 4.39 Å². The van der Waals surface area contributed by atoms with Crippen molar-refractivity contribution in [2.24, 2.45) is 5.41 Å². The molecule has 2 aromatic rings. The molecular weight excluding hydrogens is 379 g/mol. The standard InChI is InChI=1S/C25H29FN2O2/c1-19(29)28-15-12-25(18-28,24(30)27-13-3-2-4-14-27)17-20-6-5-7-22(16-20)21-8-10-23(26)11-9-21/h5-11,16H,2-4,12-15,17-18H2,1H3/t25-/m1/s1. The Hall–Kier alpha value is -2.69. The van der Waals surface area contributed by atoms with Gasteiger partial charge in [0.1, 0.15) is 5.82 Å². The number of carbonyl (C=O) groups excluding carboxylic acids is 2. The number of benzene rings is 2. The van der Waals surface area contributed by atoms with Crippen molar-refractivity contribution in [1.29, 1.82) is 0 Å². The maximum absolute atomic E-state index is 13.6. The van der Waals surface area contributed by atoms with E-state index in [0.717, 1.165) is 42.6 Å². The van der Waals surface area contributed by atoms with Crippen molar-refractivity contribution in [3.8, 4) is 11.1 Å². The molecule has 2 amide bonds. The highest BCUT2D eigenvalue weighted by Crippen LogP contribution is 2.38. The number of amides is 2. The van der Waals surface area contributed by atoms with Gasteiger partial charge in [-0.25, -0.2) is 4.39 Å². The molecule has 0 bridgehead atoms. The van der Waals surface area contributed by atoms with Crippen LogP contribution in [0, 0.1) is 11.2 Å². The Morgan fingerprint density at radius 3 is 2.33 bits per heavy atom. The quantitative estimate of drug-likeness (QED) is 0.757. The molecule has 1 atom stereocenters. The number of carbonyl (C=O) groups is 2. The molecule has 2 aliphatic rings. The Labute approximate surface area is 177 Å². The lowest BCUT2D eigenvalue weighted by Gasteiger charge is -2.36. The normalized spacial score (nSPS) is 21.7. The first-order chi connectivity index (χ1) is 14.5. The minimum absolute atomic E-state index is 0.0309. The molecule has 0 saturated carbocycles. The Morgan fingerprint density at radius 1 is 0.933 bits per heavy atom. The predicted octanol–water partition coefficient (Wildman–Crippen LogP) is 4.29. The van der Waals surface area contributed by atoms with Crippen LogP contribution in [0.15, 0.2) is 48.5 Å². The van der Waals surface area contributed by atoms with Gasteiger partial charge in [0.2, 0.25) is 11.8 Å². The lowest BCUT2D eigenvalue weighted by molar-refractivity contribution is -0.143. The third-order valence-corrected chi connectivity index (χ3v) is 6.54. The summed E-state index contributed by atoms with van der Waals surface area (Å²) in [6.07, 6.45) is 4.59. The van der Waals surface area contributed by atoms with Crippen molar-refractivity contribution >= 4 is 11.8 Å². The van der Waals surface area contributed by atoms with E-state index in [4.69, 9.17) is 0 Å². The smallest absolute Gasteiger partial charge is 0.230 e. The summed E-state index contributed by atoms with van der Waals surface area (Å²) in [6.45, 7) is 4.33. The van der Waals surface area contributed by atoms with Gasteiger partial charge in [0.15, 0.2) is 0 Å². The fourth-order valence-electron chi connectivity index (χ4n) is 4.86. The summed E-state index contributed by atoms with van der Waals surface area (Å²) in [7, 11) is 0. The lowest BCUT2D eigenvalue weighted by Crippen LogP contribution is -2.49. The van der Waals surface area contributed by atoms with Gasteiger partial charge in [-0.15, -0.1) is 0 Å². The number of hydrogen-bond donors (Lipinski definition) is 0. The summed E-state index contributed by atoms with van der Waals surface area (Å²) in [6, 6.07) is 14.6. The Bertz CT molecular complexity index is 921. The van der Waals surface area contributed by atoms with E-state index in [1.165, 1.54) is 18.6 Å². The van der Waals surface area contributed by atoms with Crippen molar-refractivity contribution in [3.05, 3.63) is 59.9 Å². The van der Waals surface area contributed by atoms with E-state index in [9.17, 15) is 14.0 Å². The van der Waals surface area contributed by atoms with Crippen LogP contribution in [-0.4, -0.2) is 47.8 Å². The first-order valence-electron chi connectivity index (χ1n) is 10.9. The molecule has 2 fully saturated rings. The number of nitrogens with zero attached hydrogens (tertiary/aromatic N) is 2. The van der Waals surface area contributed by atoms with Crippen molar-refractivity contribution < 1.29 is 14.0 Å². The SMILES string of the molecule is CC(=O)N1CC[C@](Cc2cccc(-c3ccc(F)cc3)c2)(C(=O)N2CCCCC2)C1. The third kappa shape index (κ3) is 4.25. The fraction of sp³-hybridized carbons (Fsp3) is 0.440. The highest BCUT2D eigenvalue weighted by atomic mass is 19.1. The van der Waals surface area contributed by atoms with Crippen LogP contribution in [0.5, 0.6) is 0 Å². The van der Waals surface area contributed by atoms with E-state index in [0.29, 0.717) is 25.9 Å². The number of rotatable bonds is 4. The van der Waals surface area contributed by atoms with Crippen LogP contribution in [0.1, 0.15) is 38.2 Å². The third-order valence-electron chi connectivity index (χ3n) is 6.54. The van der Waals surface area contributed by atoms with E-state index in [2.05, 4.69) is 12.1 Å². The number of likely N-dealkylation sites (tertiary alicyclic amines) is 2. The van der Waals surface area contributed by atoms with Crippen molar-refractivity contribution in [2.75, 3.05) is 26.2 Å². The van der Waals surface area contributed by atoms with Crippen LogP contribution in [-0.2, 0) is 16.0 Å². The minimum Gasteiger partial charge on any atom is -0.342 e. The molecular formula is C25H29FN2O2. The van der Waals surface area contributed by atoms with Gasteiger partial charge in [-0.3, -0.25) is 9.59 Å². The lowest BCUT2D eigenvalue weighted by atomic mass is 9.78. The van der Waals surface area contributed by atoms with Crippen LogP contribution >= 0.6 is 0 Å². The number of piperidine rings is 1. The number of halogens is 1. The molecule has 4 rings (SSSR count). The van der Waals surface area contributed by atoms with Gasteiger partial charge in [0.05, 0.1) is 5.41 Å². The second-order valence-corrected chi connectivity index (χ2v) is 8.71. The zero-order valence-electron chi connectivity index (χ0n) is 17.6. The monoisotopic (exact) mass is 408 g/mol. The number of hydrogen-bond acceptors (Lipinski definition) is 2. The molecule has 2 heterocycles. The molecule has 0 spiro atoms. The Morgan fingerprint density at radius 2 is 1.67 bits per heavy atom. The summed E-state index contributed by atoms with van der Waals surface area (Å²) in [5.41, 5.74) is 2.47. The second kappa shape index (κ2) is 8.58. The van der Waals surface area contributed by atoms with Crippen LogP contribution in [0.3, 0.4) is 0 Å². The molecule has 158 valence electrons. The topological polar surface area (TPSA) is 40.6 Å². The highest BCUT2D eigenvalue weighted by Gasteiger charge is 2.47. The van der Waals surface area contributed by atoms with Crippen LogP contribution in [0.25, 0.3) is 11.1 Å². The molecule has 2 saturated heterocycles. The molecule has 4 nitrogen and oxygen atoms in total. The summed E-state index contributed by atoms with van der Waals surface area (Å²) >= 11 is 0. The molecule has 0 unspecified atom stereocenters. The van der Waals surface area contributed by atoms with Crippen LogP contribution in [0.2, 0.25) is 0 Å². The summed E-state index contributed by atoms with van der Waals surface area (Å²) in [4.78, 5) is 29.5. The van der Waals surface area contributed by atoms with E-state index in [-0.39, 0.29) is 17.6 Å². The summed E-state index contributed by atoms with van der Waals surface area (Å²) < 4.78 is 13.3. The van der Waals surface area contributed by atoms with E-state index >= 15 is 0 Å². The van der Waals surface area contributed by atoms with Crippen molar-refractivity contribution in [3.63, 3.8) is 0 Å². The Kier molecular flexibility index (Phi) is 5.89.